The van der Waals surface area contributed by atoms with Crippen LogP contribution in [0.4, 0.5) is 0 Å². The van der Waals surface area contributed by atoms with Crippen LogP contribution in [0.2, 0.25) is 0 Å². The number of aliphatic hydroxyl groups is 1. The van der Waals surface area contributed by atoms with Crippen molar-refractivity contribution >= 4 is 17.7 Å². The predicted molar refractivity (Wildman–Crippen MR) is 52.7 cm³/mol. The summed E-state index contributed by atoms with van der Waals surface area (Å²) in [6.07, 6.45) is 0.194. The number of hydrogen-bond acceptors (Lipinski definition) is 5. The van der Waals surface area contributed by atoms with Crippen LogP contribution < -0.4 is 0 Å². The Bertz CT molecular complexity index is 302. The quantitative estimate of drug-likeness (QED) is 0.725. The largest absolute Gasteiger partial charge is 0.370 e. The molecule has 90 valence electrons. The van der Waals surface area contributed by atoms with Crippen LogP contribution in [0.3, 0.4) is 0 Å². The van der Waals surface area contributed by atoms with Crippen LogP contribution in [0.25, 0.3) is 0 Å². The third kappa shape index (κ3) is 3.62. The maximum atomic E-state index is 11.2. The molecule has 6 heteroatoms. The molecule has 1 saturated heterocycles. The van der Waals surface area contributed by atoms with E-state index >= 15 is 0 Å². The smallest absolute Gasteiger partial charge is 0.332 e. The highest BCUT2D eigenvalue weighted by Crippen LogP contribution is 2.17. The van der Waals surface area contributed by atoms with Crippen molar-refractivity contribution in [2.45, 2.75) is 45.3 Å². The molecule has 1 rings (SSSR count). The Labute approximate surface area is 93.1 Å². The molecule has 0 aromatic heterocycles. The van der Waals surface area contributed by atoms with Crippen LogP contribution in [0.1, 0.15) is 39.0 Å². The van der Waals surface area contributed by atoms with E-state index in [2.05, 4.69) is 0 Å². The molecule has 1 fully saturated rings. The number of aliphatic hydroxyl groups excluding tert-OH is 1. The Morgan fingerprint density at radius 2 is 2.19 bits per heavy atom. The summed E-state index contributed by atoms with van der Waals surface area (Å²) in [6, 6.07) is 0. The maximum Gasteiger partial charge on any atom is 0.332 e. The fraction of sp³-hybridized carbons (Fsp3) is 0.700. The van der Waals surface area contributed by atoms with Crippen molar-refractivity contribution in [3.8, 4) is 0 Å². The molecule has 1 aliphatic rings. The molecule has 1 aliphatic heterocycles. The van der Waals surface area contributed by atoms with Crippen molar-refractivity contribution < 1.29 is 24.3 Å². The molecule has 0 aliphatic carbocycles. The number of hydrogen-bond donors (Lipinski definition) is 1. The van der Waals surface area contributed by atoms with Gasteiger partial charge in [0.05, 0.1) is 0 Å². The van der Waals surface area contributed by atoms with Crippen molar-refractivity contribution in [2.75, 3.05) is 0 Å². The SMILES string of the molecule is CC(=O)CCCC(=O)ON1C(=O)CC[C@H]1O. The van der Waals surface area contributed by atoms with Crippen molar-refractivity contribution in [1.82, 2.24) is 5.06 Å². The summed E-state index contributed by atoms with van der Waals surface area (Å²) in [5.41, 5.74) is 0. The number of carbonyl (C=O) groups is 3. The molecule has 1 amide bonds. The molecule has 1 N–H and O–H groups in total. The van der Waals surface area contributed by atoms with Crippen molar-refractivity contribution in [3.05, 3.63) is 0 Å². The van der Waals surface area contributed by atoms with E-state index in [1.807, 2.05) is 0 Å². The Kier molecular flexibility index (Phi) is 4.42. The molecule has 16 heavy (non-hydrogen) atoms. The summed E-state index contributed by atoms with van der Waals surface area (Å²) in [5.74, 6) is -0.993. The molecule has 0 unspecified atom stereocenters. The molecule has 0 bridgehead atoms. The highest BCUT2D eigenvalue weighted by molar-refractivity contribution is 5.80. The van der Waals surface area contributed by atoms with Gasteiger partial charge in [0, 0.05) is 25.7 Å². The van der Waals surface area contributed by atoms with Crippen LogP contribution >= 0.6 is 0 Å². The third-order valence-electron chi connectivity index (χ3n) is 2.24. The Morgan fingerprint density at radius 3 is 2.69 bits per heavy atom. The highest BCUT2D eigenvalue weighted by Gasteiger charge is 2.32. The van der Waals surface area contributed by atoms with Crippen LogP contribution in [-0.4, -0.2) is 34.1 Å². The van der Waals surface area contributed by atoms with Crippen LogP contribution in [0, 0.1) is 0 Å². The Balaban J connectivity index is 2.28. The lowest BCUT2D eigenvalue weighted by atomic mass is 10.2. The average molecular weight is 229 g/mol. The number of ketones is 1. The first-order valence-electron chi connectivity index (χ1n) is 5.21. The molecule has 0 radical (unpaired) electrons. The first-order chi connectivity index (χ1) is 7.50. The summed E-state index contributed by atoms with van der Waals surface area (Å²) in [6.45, 7) is 1.44. The Hall–Kier alpha value is -1.43. The number of carbonyl (C=O) groups excluding carboxylic acids is 3. The van der Waals surface area contributed by atoms with Gasteiger partial charge in [-0.05, 0) is 13.3 Å². The lowest BCUT2D eigenvalue weighted by molar-refractivity contribution is -0.220. The molecule has 0 saturated carbocycles. The van der Waals surface area contributed by atoms with Crippen LogP contribution in [-0.2, 0) is 19.2 Å². The topological polar surface area (TPSA) is 83.9 Å². The van der Waals surface area contributed by atoms with Crippen LogP contribution in [0.15, 0.2) is 0 Å². The Morgan fingerprint density at radius 1 is 1.50 bits per heavy atom. The summed E-state index contributed by atoms with van der Waals surface area (Å²) in [5, 5.41) is 10.0. The molecular formula is C10H15NO5. The van der Waals surface area contributed by atoms with E-state index in [0.29, 0.717) is 17.9 Å². The van der Waals surface area contributed by atoms with Gasteiger partial charge in [0.25, 0.3) is 5.91 Å². The molecular weight excluding hydrogens is 214 g/mol. The second kappa shape index (κ2) is 5.60. The van der Waals surface area contributed by atoms with Gasteiger partial charge in [0.2, 0.25) is 0 Å². The maximum absolute atomic E-state index is 11.2. The summed E-state index contributed by atoms with van der Waals surface area (Å²) < 4.78 is 0. The summed E-state index contributed by atoms with van der Waals surface area (Å²) in [4.78, 5) is 37.7. The first kappa shape index (κ1) is 12.6. The van der Waals surface area contributed by atoms with E-state index in [4.69, 9.17) is 4.84 Å². The van der Waals surface area contributed by atoms with Gasteiger partial charge < -0.3 is 14.7 Å². The zero-order valence-electron chi connectivity index (χ0n) is 9.14. The van der Waals surface area contributed by atoms with Gasteiger partial charge in [-0.25, -0.2) is 4.79 Å². The first-order valence-corrected chi connectivity index (χ1v) is 5.21. The summed E-state index contributed by atoms with van der Waals surface area (Å²) in [7, 11) is 0. The third-order valence-corrected chi connectivity index (χ3v) is 2.24. The normalized spacial score (nSPS) is 20.0. The fourth-order valence-corrected chi connectivity index (χ4v) is 1.39. The number of amides is 1. The number of Topliss-reactive ketones (excluding diaryl/α,β-unsaturated/α-hetero) is 1. The lowest BCUT2D eigenvalue weighted by Crippen LogP contribution is -2.35. The van der Waals surface area contributed by atoms with E-state index in [1.165, 1.54) is 6.92 Å². The van der Waals surface area contributed by atoms with Gasteiger partial charge in [-0.15, -0.1) is 5.06 Å². The van der Waals surface area contributed by atoms with Crippen molar-refractivity contribution in [3.63, 3.8) is 0 Å². The van der Waals surface area contributed by atoms with Gasteiger partial charge in [0.15, 0.2) is 6.23 Å². The van der Waals surface area contributed by atoms with E-state index in [9.17, 15) is 19.5 Å². The summed E-state index contributed by atoms with van der Waals surface area (Å²) >= 11 is 0. The fourth-order valence-electron chi connectivity index (χ4n) is 1.39. The van der Waals surface area contributed by atoms with Gasteiger partial charge in [-0.3, -0.25) is 4.79 Å². The number of hydroxylamine groups is 2. The average Bonchev–Trinajstić information content (AvgIpc) is 2.49. The number of rotatable bonds is 5. The van der Waals surface area contributed by atoms with Gasteiger partial charge in [-0.1, -0.05) is 0 Å². The zero-order chi connectivity index (χ0) is 12.1. The minimum Gasteiger partial charge on any atom is -0.370 e. The molecule has 0 aromatic rings. The van der Waals surface area contributed by atoms with Crippen molar-refractivity contribution in [2.24, 2.45) is 0 Å². The molecule has 1 atom stereocenters. The van der Waals surface area contributed by atoms with Crippen molar-refractivity contribution in [1.29, 1.82) is 0 Å². The second-order valence-electron chi connectivity index (χ2n) is 3.76. The van der Waals surface area contributed by atoms with E-state index in [1.54, 1.807) is 0 Å². The molecule has 6 nitrogen and oxygen atoms in total. The van der Waals surface area contributed by atoms with Gasteiger partial charge >= 0.3 is 5.97 Å². The minimum atomic E-state index is -1.04. The number of nitrogens with zero attached hydrogens (tertiary/aromatic N) is 1. The standard InChI is InChI=1S/C10H15NO5/c1-7(12)3-2-4-10(15)16-11-8(13)5-6-9(11)14/h8,13H,2-6H2,1H3/t8-/m1/s1. The van der Waals surface area contributed by atoms with Gasteiger partial charge in [0.1, 0.15) is 5.78 Å². The predicted octanol–water partition coefficient (Wildman–Crippen LogP) is 0.145. The van der Waals surface area contributed by atoms with E-state index in [-0.39, 0.29) is 25.0 Å². The minimum absolute atomic E-state index is 0.00471. The molecule has 1 heterocycles. The molecule has 0 aromatic carbocycles. The lowest BCUT2D eigenvalue weighted by Gasteiger charge is -2.18. The monoisotopic (exact) mass is 229 g/mol. The molecule has 0 spiro atoms. The van der Waals surface area contributed by atoms with E-state index in [0.717, 1.165) is 0 Å². The zero-order valence-corrected chi connectivity index (χ0v) is 9.14. The van der Waals surface area contributed by atoms with Gasteiger partial charge in [-0.2, -0.15) is 0 Å². The highest BCUT2D eigenvalue weighted by atomic mass is 16.7. The van der Waals surface area contributed by atoms with Crippen LogP contribution in [0.5, 0.6) is 0 Å². The van der Waals surface area contributed by atoms with E-state index < -0.39 is 18.1 Å². The second-order valence-corrected chi connectivity index (χ2v) is 3.76.